The Morgan fingerprint density at radius 3 is 2.13 bits per heavy atom. The van der Waals surface area contributed by atoms with Crippen LogP contribution in [0, 0.1) is 5.41 Å². The van der Waals surface area contributed by atoms with Crippen LogP contribution in [0.1, 0.15) is 33.6 Å². The van der Waals surface area contributed by atoms with E-state index in [9.17, 15) is 4.79 Å². The van der Waals surface area contributed by atoms with Crippen LogP contribution in [0.2, 0.25) is 0 Å². The van der Waals surface area contributed by atoms with Crippen molar-refractivity contribution in [1.29, 1.82) is 0 Å². The van der Waals surface area contributed by atoms with Gasteiger partial charge in [0, 0.05) is 13.6 Å². The molecule has 0 spiro atoms. The van der Waals surface area contributed by atoms with E-state index in [0.717, 1.165) is 0 Å². The van der Waals surface area contributed by atoms with E-state index < -0.39 is 5.41 Å². The quantitative estimate of drug-likeness (QED) is 0.311. The number of carbonyl (C=O) groups excluding carboxylic acids is 1. The Kier molecular flexibility index (Phi) is 5.11. The van der Waals surface area contributed by atoms with Crippen LogP contribution in [0.25, 0.3) is 0 Å². The zero-order valence-electron chi connectivity index (χ0n) is 9.95. The number of nitrogens with zero attached hydrogens (tertiary/aromatic N) is 2. The van der Waals surface area contributed by atoms with Gasteiger partial charge in [0.2, 0.25) is 5.91 Å². The summed E-state index contributed by atoms with van der Waals surface area (Å²) in [6, 6.07) is 0. The molecule has 88 valence electrons. The Labute approximate surface area is 90.9 Å². The molecule has 1 amide bonds. The molecule has 0 aromatic rings. The van der Waals surface area contributed by atoms with Gasteiger partial charge in [0.05, 0.1) is 0 Å². The Balaban J connectivity index is 5.19. The van der Waals surface area contributed by atoms with Gasteiger partial charge in [-0.05, 0) is 19.8 Å². The Hall–Kier alpha value is -1.26. The maximum Gasteiger partial charge on any atom is 0.236 e. The van der Waals surface area contributed by atoms with Gasteiger partial charge in [-0.3, -0.25) is 4.79 Å². The lowest BCUT2D eigenvalue weighted by Crippen LogP contribution is -2.49. The Morgan fingerprint density at radius 2 is 1.87 bits per heavy atom. The van der Waals surface area contributed by atoms with E-state index >= 15 is 0 Å². The second-order valence-corrected chi connectivity index (χ2v) is 3.59. The van der Waals surface area contributed by atoms with Crippen LogP contribution in [0.4, 0.5) is 0 Å². The summed E-state index contributed by atoms with van der Waals surface area (Å²) in [7, 11) is 1.72. The third-order valence-electron chi connectivity index (χ3n) is 3.04. The predicted octanol–water partition coefficient (Wildman–Crippen LogP) is 1.02. The molecule has 0 fully saturated rings. The predicted molar refractivity (Wildman–Crippen MR) is 59.7 cm³/mol. The molecule has 0 atom stereocenters. The van der Waals surface area contributed by atoms with Crippen molar-refractivity contribution >= 4 is 11.7 Å². The summed E-state index contributed by atoms with van der Waals surface area (Å²) in [6.07, 6.45) is 1.06. The fraction of sp³-hybridized carbons (Fsp3) is 0.800. The molecule has 0 heterocycles. The number of oxime groups is 1. The molecule has 0 aliphatic rings. The third-order valence-corrected chi connectivity index (χ3v) is 3.04. The van der Waals surface area contributed by atoms with Crippen LogP contribution in [-0.4, -0.2) is 35.4 Å². The maximum absolute atomic E-state index is 12.1. The van der Waals surface area contributed by atoms with Crippen molar-refractivity contribution in [1.82, 2.24) is 4.90 Å². The molecule has 0 aromatic carbocycles. The molecule has 3 N–H and O–H groups in total. The van der Waals surface area contributed by atoms with Gasteiger partial charge in [0.15, 0.2) is 5.84 Å². The first-order valence-electron chi connectivity index (χ1n) is 5.23. The Bertz CT molecular complexity index is 247. The lowest BCUT2D eigenvalue weighted by Gasteiger charge is -2.32. The fourth-order valence-corrected chi connectivity index (χ4v) is 1.63. The second-order valence-electron chi connectivity index (χ2n) is 3.59. The highest BCUT2D eigenvalue weighted by Gasteiger charge is 2.41. The molecule has 0 saturated carbocycles. The molecule has 5 heteroatoms. The normalized spacial score (nSPS) is 12.7. The van der Waals surface area contributed by atoms with Crippen molar-refractivity contribution in [2.24, 2.45) is 16.3 Å². The van der Waals surface area contributed by atoms with Crippen LogP contribution in [-0.2, 0) is 4.79 Å². The lowest BCUT2D eigenvalue weighted by atomic mass is 9.79. The fourth-order valence-electron chi connectivity index (χ4n) is 1.63. The number of hydrogen-bond donors (Lipinski definition) is 2. The minimum absolute atomic E-state index is 0.00204. The van der Waals surface area contributed by atoms with Crippen LogP contribution in [0.5, 0.6) is 0 Å². The molecule has 15 heavy (non-hydrogen) atoms. The van der Waals surface area contributed by atoms with Gasteiger partial charge < -0.3 is 15.8 Å². The number of carbonyl (C=O) groups is 1. The summed E-state index contributed by atoms with van der Waals surface area (Å²) < 4.78 is 0. The number of hydrogen-bond acceptors (Lipinski definition) is 3. The molecule has 0 rings (SSSR count). The van der Waals surface area contributed by atoms with Crippen molar-refractivity contribution < 1.29 is 10.0 Å². The molecule has 0 saturated heterocycles. The summed E-state index contributed by atoms with van der Waals surface area (Å²) in [5.74, 6) is -0.0944. The van der Waals surface area contributed by atoms with Crippen molar-refractivity contribution in [3.63, 3.8) is 0 Å². The molecule has 0 bridgehead atoms. The topological polar surface area (TPSA) is 78.9 Å². The molecule has 5 nitrogen and oxygen atoms in total. The van der Waals surface area contributed by atoms with Crippen molar-refractivity contribution in [3.8, 4) is 0 Å². The van der Waals surface area contributed by atoms with Crippen molar-refractivity contribution in [2.45, 2.75) is 33.6 Å². The van der Waals surface area contributed by atoms with E-state index in [0.29, 0.717) is 19.4 Å². The lowest BCUT2D eigenvalue weighted by molar-refractivity contribution is -0.137. The van der Waals surface area contributed by atoms with E-state index in [1.165, 1.54) is 0 Å². The van der Waals surface area contributed by atoms with E-state index in [2.05, 4.69) is 5.16 Å². The number of nitrogens with two attached hydrogens (primary N) is 1. The minimum Gasteiger partial charge on any atom is -0.409 e. The summed E-state index contributed by atoms with van der Waals surface area (Å²) >= 11 is 0. The van der Waals surface area contributed by atoms with Crippen molar-refractivity contribution in [2.75, 3.05) is 13.6 Å². The largest absolute Gasteiger partial charge is 0.409 e. The van der Waals surface area contributed by atoms with Gasteiger partial charge in [-0.1, -0.05) is 19.0 Å². The summed E-state index contributed by atoms with van der Waals surface area (Å²) in [4.78, 5) is 13.7. The van der Waals surface area contributed by atoms with Gasteiger partial charge in [-0.25, -0.2) is 0 Å². The molecule has 0 radical (unpaired) electrons. The molecular weight excluding hydrogens is 194 g/mol. The van der Waals surface area contributed by atoms with Gasteiger partial charge in [-0.15, -0.1) is 0 Å². The SMILES string of the molecule is CCN(C)C(=O)C(CC)(CC)C(N)=NO. The molecule has 0 aliphatic carbocycles. The monoisotopic (exact) mass is 215 g/mol. The summed E-state index contributed by atoms with van der Waals surface area (Å²) in [6.45, 7) is 6.23. The Morgan fingerprint density at radius 1 is 1.40 bits per heavy atom. The molecular formula is C10H21N3O2. The van der Waals surface area contributed by atoms with E-state index in [1.54, 1.807) is 11.9 Å². The zero-order chi connectivity index (χ0) is 12.1. The smallest absolute Gasteiger partial charge is 0.236 e. The van der Waals surface area contributed by atoms with Crippen molar-refractivity contribution in [3.05, 3.63) is 0 Å². The van der Waals surface area contributed by atoms with Crippen LogP contribution >= 0.6 is 0 Å². The first-order valence-corrected chi connectivity index (χ1v) is 5.23. The van der Waals surface area contributed by atoms with E-state index in [-0.39, 0.29) is 11.7 Å². The first-order chi connectivity index (χ1) is 6.99. The van der Waals surface area contributed by atoms with Gasteiger partial charge in [-0.2, -0.15) is 0 Å². The third kappa shape index (κ3) is 2.40. The number of amidine groups is 1. The first kappa shape index (κ1) is 13.7. The standard InChI is InChI=1S/C10H21N3O2/c1-5-10(6-2,8(11)12-15)9(14)13(4)7-3/h15H,5-7H2,1-4H3,(H2,11,12). The second kappa shape index (κ2) is 5.58. The minimum atomic E-state index is -0.862. The molecule has 0 aliphatic heterocycles. The highest BCUT2D eigenvalue weighted by molar-refractivity contribution is 6.06. The van der Waals surface area contributed by atoms with E-state index in [4.69, 9.17) is 10.9 Å². The average molecular weight is 215 g/mol. The number of amides is 1. The summed E-state index contributed by atoms with van der Waals surface area (Å²) in [5, 5.41) is 11.7. The van der Waals surface area contributed by atoms with Crippen LogP contribution in [0.3, 0.4) is 0 Å². The van der Waals surface area contributed by atoms with Gasteiger partial charge in [0.1, 0.15) is 5.41 Å². The van der Waals surface area contributed by atoms with Gasteiger partial charge in [0.25, 0.3) is 0 Å². The molecule has 0 aromatic heterocycles. The zero-order valence-corrected chi connectivity index (χ0v) is 9.95. The van der Waals surface area contributed by atoms with E-state index in [1.807, 2.05) is 20.8 Å². The van der Waals surface area contributed by atoms with Crippen LogP contribution < -0.4 is 5.73 Å². The summed E-state index contributed by atoms with van der Waals surface area (Å²) in [5.41, 5.74) is 4.76. The average Bonchev–Trinajstić information content (AvgIpc) is 2.29. The van der Waals surface area contributed by atoms with Crippen LogP contribution in [0.15, 0.2) is 5.16 Å². The van der Waals surface area contributed by atoms with Gasteiger partial charge >= 0.3 is 0 Å². The number of rotatable bonds is 5. The highest BCUT2D eigenvalue weighted by Crippen LogP contribution is 2.28. The highest BCUT2D eigenvalue weighted by atomic mass is 16.4. The molecule has 0 unspecified atom stereocenters. The maximum atomic E-state index is 12.1.